The van der Waals surface area contributed by atoms with Gasteiger partial charge in [-0.3, -0.25) is 0 Å². The fraction of sp³-hybridized carbons (Fsp3) is 0.125. The van der Waals surface area contributed by atoms with Gasteiger partial charge in [0.15, 0.2) is 0 Å². The first-order valence-electron chi connectivity index (χ1n) is 9.55. The molecule has 0 aliphatic heterocycles. The van der Waals surface area contributed by atoms with Crippen molar-refractivity contribution < 1.29 is 9.53 Å². The zero-order valence-electron chi connectivity index (χ0n) is 16.1. The van der Waals surface area contributed by atoms with E-state index in [1.165, 1.54) is 22.3 Å². The Morgan fingerprint density at radius 1 is 0.967 bits per heavy atom. The number of fused-ring (bicyclic) bond motifs is 3. The van der Waals surface area contributed by atoms with Gasteiger partial charge in [-0.2, -0.15) is 0 Å². The van der Waals surface area contributed by atoms with Gasteiger partial charge in [0.05, 0.1) is 15.7 Å². The molecule has 0 fully saturated rings. The third kappa shape index (κ3) is 4.02. The molecule has 0 unspecified atom stereocenters. The number of hydrogen-bond acceptors (Lipinski definition) is 3. The average Bonchev–Trinajstić information content (AvgIpc) is 3.09. The molecule has 4 nitrogen and oxygen atoms in total. The molecule has 1 aliphatic rings. The summed E-state index contributed by atoms with van der Waals surface area (Å²) in [6.07, 6.45) is 3.08. The predicted octanol–water partition coefficient (Wildman–Crippen LogP) is 6.13. The Bertz CT molecular complexity index is 1080. The van der Waals surface area contributed by atoms with Crippen LogP contribution in [0.25, 0.3) is 17.2 Å². The maximum absolute atomic E-state index is 12.2. The number of benzene rings is 3. The van der Waals surface area contributed by atoms with Crippen molar-refractivity contribution >= 4 is 41.1 Å². The molecule has 0 saturated carbocycles. The first-order chi connectivity index (χ1) is 14.6. The van der Waals surface area contributed by atoms with Crippen LogP contribution in [0.5, 0.6) is 0 Å². The number of nitrogens with one attached hydrogen (secondary N) is 1. The summed E-state index contributed by atoms with van der Waals surface area (Å²) in [5.41, 5.74) is 11.6. The molecule has 3 N–H and O–H groups in total. The van der Waals surface area contributed by atoms with Gasteiger partial charge in [-0.1, -0.05) is 90.0 Å². The van der Waals surface area contributed by atoms with Crippen LogP contribution in [-0.4, -0.2) is 19.2 Å². The second-order valence-corrected chi connectivity index (χ2v) is 7.74. The molecule has 152 valence electrons. The molecule has 1 amide bonds. The molecule has 4 rings (SSSR count). The van der Waals surface area contributed by atoms with Crippen molar-refractivity contribution in [1.82, 2.24) is 5.32 Å². The average molecular weight is 439 g/mol. The van der Waals surface area contributed by atoms with Crippen molar-refractivity contribution in [1.29, 1.82) is 0 Å². The van der Waals surface area contributed by atoms with Gasteiger partial charge in [0.25, 0.3) is 0 Å². The Morgan fingerprint density at radius 2 is 1.60 bits per heavy atom. The summed E-state index contributed by atoms with van der Waals surface area (Å²) in [6, 6.07) is 19.9. The molecule has 3 aromatic carbocycles. The van der Waals surface area contributed by atoms with Crippen molar-refractivity contribution in [3.8, 4) is 11.1 Å². The van der Waals surface area contributed by atoms with Crippen LogP contribution >= 0.6 is 23.2 Å². The summed E-state index contributed by atoms with van der Waals surface area (Å²) in [5.74, 6) is 0.0365. The van der Waals surface area contributed by atoms with E-state index in [9.17, 15) is 4.79 Å². The van der Waals surface area contributed by atoms with Gasteiger partial charge in [-0.15, -0.1) is 0 Å². The van der Waals surface area contributed by atoms with E-state index in [1.54, 1.807) is 24.3 Å². The summed E-state index contributed by atoms with van der Waals surface area (Å²) in [6.45, 7) is 0.581. The Morgan fingerprint density at radius 3 is 2.27 bits per heavy atom. The van der Waals surface area contributed by atoms with Crippen molar-refractivity contribution in [2.24, 2.45) is 0 Å². The lowest BCUT2D eigenvalue weighted by molar-refractivity contribution is 0.144. The molecule has 0 bridgehead atoms. The number of carbonyl (C=O) groups excluding carboxylic acids is 1. The van der Waals surface area contributed by atoms with Gasteiger partial charge in [0.1, 0.15) is 6.61 Å². The van der Waals surface area contributed by atoms with Crippen LogP contribution in [0.4, 0.5) is 10.5 Å². The Balaban J connectivity index is 1.34. The van der Waals surface area contributed by atoms with Gasteiger partial charge < -0.3 is 15.8 Å². The molecule has 3 aromatic rings. The van der Waals surface area contributed by atoms with E-state index < -0.39 is 6.09 Å². The van der Waals surface area contributed by atoms with Crippen molar-refractivity contribution in [3.63, 3.8) is 0 Å². The molecule has 0 radical (unpaired) electrons. The summed E-state index contributed by atoms with van der Waals surface area (Å²) < 4.78 is 5.50. The standard InChI is InChI=1S/C24H20Cl2N2O2/c25-22-15(11-12-21(27)23(22)26)6-5-13-28-24(29)30-14-20-18-9-3-1-7-16(18)17-8-2-4-10-19(17)20/h1-12,20H,13-14,27H2,(H,28,29). The van der Waals surface area contributed by atoms with E-state index in [0.29, 0.717) is 22.3 Å². The summed E-state index contributed by atoms with van der Waals surface area (Å²) >= 11 is 12.2. The smallest absolute Gasteiger partial charge is 0.407 e. The molecule has 0 aromatic heterocycles. The number of carbonyl (C=O) groups is 1. The highest BCUT2D eigenvalue weighted by Gasteiger charge is 2.28. The molecule has 0 spiro atoms. The van der Waals surface area contributed by atoms with Crippen molar-refractivity contribution in [3.05, 3.63) is 93.5 Å². The largest absolute Gasteiger partial charge is 0.449 e. The third-order valence-electron chi connectivity index (χ3n) is 5.15. The second-order valence-electron chi connectivity index (χ2n) is 6.98. The van der Waals surface area contributed by atoms with Crippen LogP contribution in [0.15, 0.2) is 66.7 Å². The van der Waals surface area contributed by atoms with Crippen LogP contribution < -0.4 is 11.1 Å². The summed E-state index contributed by atoms with van der Waals surface area (Å²) in [5, 5.41) is 3.43. The number of ether oxygens (including phenoxy) is 1. The Hall–Kier alpha value is -2.95. The highest BCUT2D eigenvalue weighted by Crippen LogP contribution is 2.44. The lowest BCUT2D eigenvalue weighted by Crippen LogP contribution is -2.26. The SMILES string of the molecule is Nc1ccc(C=CCNC(=O)OCC2c3ccccc3-c3ccccc32)c(Cl)c1Cl. The van der Waals surface area contributed by atoms with E-state index in [0.717, 1.165) is 5.56 Å². The van der Waals surface area contributed by atoms with Crippen LogP contribution in [0.1, 0.15) is 22.6 Å². The highest BCUT2D eigenvalue weighted by atomic mass is 35.5. The zero-order chi connectivity index (χ0) is 21.1. The number of rotatable bonds is 5. The van der Waals surface area contributed by atoms with E-state index in [4.69, 9.17) is 33.7 Å². The minimum absolute atomic E-state index is 0.0365. The summed E-state index contributed by atoms with van der Waals surface area (Å²) in [4.78, 5) is 12.2. The quantitative estimate of drug-likeness (QED) is 0.471. The minimum atomic E-state index is -0.469. The van der Waals surface area contributed by atoms with Gasteiger partial charge in [-0.25, -0.2) is 4.79 Å². The molecular weight excluding hydrogens is 419 g/mol. The second kappa shape index (κ2) is 8.82. The van der Waals surface area contributed by atoms with Gasteiger partial charge in [0.2, 0.25) is 0 Å². The zero-order valence-corrected chi connectivity index (χ0v) is 17.6. The number of nitrogen functional groups attached to an aromatic ring is 1. The topological polar surface area (TPSA) is 64.3 Å². The third-order valence-corrected chi connectivity index (χ3v) is 6.06. The fourth-order valence-corrected chi connectivity index (χ4v) is 4.09. The van der Waals surface area contributed by atoms with Gasteiger partial charge >= 0.3 is 6.09 Å². The van der Waals surface area contributed by atoms with Gasteiger partial charge in [0, 0.05) is 12.5 Å². The molecule has 30 heavy (non-hydrogen) atoms. The van der Waals surface area contributed by atoms with Crippen LogP contribution in [0.3, 0.4) is 0 Å². The number of nitrogens with two attached hydrogens (primary N) is 1. The van der Waals surface area contributed by atoms with Crippen LogP contribution in [0, 0.1) is 0 Å². The number of anilines is 1. The lowest BCUT2D eigenvalue weighted by Gasteiger charge is -2.14. The molecule has 6 heteroatoms. The molecule has 1 aliphatic carbocycles. The highest BCUT2D eigenvalue weighted by molar-refractivity contribution is 6.44. The van der Waals surface area contributed by atoms with Crippen molar-refractivity contribution in [2.75, 3.05) is 18.9 Å². The Labute approximate surface area is 185 Å². The number of hydrogen-bond donors (Lipinski definition) is 2. The lowest BCUT2D eigenvalue weighted by atomic mass is 9.98. The summed E-state index contributed by atoms with van der Waals surface area (Å²) in [7, 11) is 0. The number of alkyl carbamates (subject to hydrolysis) is 1. The first kappa shape index (κ1) is 20.3. The molecule has 0 atom stereocenters. The first-order valence-corrected chi connectivity index (χ1v) is 10.3. The van der Waals surface area contributed by atoms with E-state index in [-0.39, 0.29) is 12.5 Å². The maximum atomic E-state index is 12.2. The number of amides is 1. The molecular formula is C24H20Cl2N2O2. The minimum Gasteiger partial charge on any atom is -0.449 e. The molecule has 0 heterocycles. The number of halogens is 2. The van der Waals surface area contributed by atoms with E-state index >= 15 is 0 Å². The van der Waals surface area contributed by atoms with E-state index in [1.807, 2.05) is 24.3 Å². The van der Waals surface area contributed by atoms with E-state index in [2.05, 4.69) is 29.6 Å². The maximum Gasteiger partial charge on any atom is 0.407 e. The van der Waals surface area contributed by atoms with Gasteiger partial charge in [-0.05, 0) is 33.9 Å². The Kier molecular flexibility index (Phi) is 5.98. The van der Waals surface area contributed by atoms with Crippen LogP contribution in [-0.2, 0) is 4.74 Å². The predicted molar refractivity (Wildman–Crippen MR) is 123 cm³/mol. The monoisotopic (exact) mass is 438 g/mol. The van der Waals surface area contributed by atoms with Crippen LogP contribution in [0.2, 0.25) is 10.0 Å². The van der Waals surface area contributed by atoms with Crippen molar-refractivity contribution in [2.45, 2.75) is 5.92 Å². The molecule has 0 saturated heterocycles. The normalized spacial score (nSPS) is 12.6. The fourth-order valence-electron chi connectivity index (χ4n) is 3.69.